The number of rotatable bonds is 15. The molecule has 39 heavy (non-hydrogen) atoms. The van der Waals surface area contributed by atoms with Crippen LogP contribution in [-0.2, 0) is 16.2 Å². The van der Waals surface area contributed by atoms with Crippen molar-refractivity contribution in [1.82, 2.24) is 4.98 Å². The standard InChI is InChI=1S/C32H34N2O5/c1-24(30-23-37-32(33-30)27-14-8-5-9-15-27)39-28-20-18-25(19-21-28)22-38-34-29(26-12-6-4-7-13-26)16-10-2-3-11-17-31(35)36/h4-9,12-15,18-21,23-24H,2-3,10-11,16-17,22H2,1H3,(H,35,36)/b34-29+/t24-/m0/s1. The quantitative estimate of drug-likeness (QED) is 0.0964. The number of hydrogen-bond acceptors (Lipinski definition) is 6. The number of carbonyl (C=O) groups is 1. The third-order valence-corrected chi connectivity index (χ3v) is 6.26. The van der Waals surface area contributed by atoms with Crippen LogP contribution in [0.15, 0.2) is 101 Å². The van der Waals surface area contributed by atoms with E-state index < -0.39 is 5.97 Å². The Morgan fingerprint density at radius 1 is 0.897 bits per heavy atom. The van der Waals surface area contributed by atoms with Gasteiger partial charge in [0.2, 0.25) is 5.89 Å². The van der Waals surface area contributed by atoms with Gasteiger partial charge in [-0.3, -0.25) is 4.79 Å². The summed E-state index contributed by atoms with van der Waals surface area (Å²) in [5, 5.41) is 13.2. The van der Waals surface area contributed by atoms with Crippen molar-refractivity contribution in [2.75, 3.05) is 0 Å². The van der Waals surface area contributed by atoms with Crippen molar-refractivity contribution in [2.24, 2.45) is 5.16 Å². The summed E-state index contributed by atoms with van der Waals surface area (Å²) in [7, 11) is 0. The summed E-state index contributed by atoms with van der Waals surface area (Å²) in [6.45, 7) is 2.28. The summed E-state index contributed by atoms with van der Waals surface area (Å²) in [5.41, 5.74) is 4.56. The Hall–Kier alpha value is -4.39. The summed E-state index contributed by atoms with van der Waals surface area (Å²) >= 11 is 0. The van der Waals surface area contributed by atoms with Crippen LogP contribution in [0.25, 0.3) is 11.5 Å². The predicted molar refractivity (Wildman–Crippen MR) is 151 cm³/mol. The second-order valence-electron chi connectivity index (χ2n) is 9.33. The van der Waals surface area contributed by atoms with Crippen molar-refractivity contribution in [3.05, 3.63) is 108 Å². The highest BCUT2D eigenvalue weighted by Crippen LogP contribution is 2.25. The molecular formula is C32H34N2O5. The molecule has 0 radical (unpaired) electrons. The fraction of sp³-hybridized carbons (Fsp3) is 0.281. The summed E-state index contributed by atoms with van der Waals surface area (Å²) in [5.74, 6) is 0.561. The van der Waals surface area contributed by atoms with Crippen LogP contribution >= 0.6 is 0 Å². The smallest absolute Gasteiger partial charge is 0.303 e. The van der Waals surface area contributed by atoms with E-state index in [1.54, 1.807) is 6.26 Å². The maximum atomic E-state index is 10.7. The lowest BCUT2D eigenvalue weighted by molar-refractivity contribution is -0.137. The molecule has 3 aromatic carbocycles. The Balaban J connectivity index is 1.28. The van der Waals surface area contributed by atoms with Crippen molar-refractivity contribution < 1.29 is 23.9 Å². The van der Waals surface area contributed by atoms with Crippen LogP contribution in [0.3, 0.4) is 0 Å². The summed E-state index contributed by atoms with van der Waals surface area (Å²) in [4.78, 5) is 21.0. The van der Waals surface area contributed by atoms with E-state index in [0.717, 1.165) is 59.5 Å². The number of aliphatic carboxylic acids is 1. The van der Waals surface area contributed by atoms with E-state index in [0.29, 0.717) is 18.9 Å². The zero-order valence-corrected chi connectivity index (χ0v) is 22.2. The molecule has 4 rings (SSSR count). The van der Waals surface area contributed by atoms with Gasteiger partial charge >= 0.3 is 5.97 Å². The van der Waals surface area contributed by atoms with Gasteiger partial charge in [-0.25, -0.2) is 4.98 Å². The molecule has 0 spiro atoms. The summed E-state index contributed by atoms with van der Waals surface area (Å²) in [6, 6.07) is 27.5. The highest BCUT2D eigenvalue weighted by Gasteiger charge is 2.14. The molecule has 4 aromatic rings. The first-order chi connectivity index (χ1) is 19.1. The number of benzene rings is 3. The van der Waals surface area contributed by atoms with Crippen LogP contribution < -0.4 is 4.74 Å². The molecule has 0 fully saturated rings. The minimum atomic E-state index is -0.739. The molecule has 0 amide bonds. The number of unbranched alkanes of at least 4 members (excludes halogenated alkanes) is 3. The SMILES string of the molecule is C[C@H](Oc1ccc(CO/N=C(\CCCCCCC(=O)O)c2ccccc2)cc1)c1coc(-c2ccccc2)n1. The van der Waals surface area contributed by atoms with Crippen LogP contribution in [0.2, 0.25) is 0 Å². The number of carboxylic acid groups (broad SMARTS) is 1. The number of aromatic nitrogens is 1. The van der Waals surface area contributed by atoms with Gasteiger partial charge in [0.05, 0.1) is 5.71 Å². The van der Waals surface area contributed by atoms with Crippen LogP contribution in [0.5, 0.6) is 5.75 Å². The molecule has 0 aliphatic heterocycles. The average Bonchev–Trinajstić information content (AvgIpc) is 3.46. The van der Waals surface area contributed by atoms with Crippen LogP contribution in [0.4, 0.5) is 0 Å². The predicted octanol–water partition coefficient (Wildman–Crippen LogP) is 7.83. The number of oxime groups is 1. The Morgan fingerprint density at radius 2 is 1.56 bits per heavy atom. The van der Waals surface area contributed by atoms with E-state index in [4.69, 9.17) is 19.1 Å². The topological polar surface area (TPSA) is 94.2 Å². The number of hydrogen-bond donors (Lipinski definition) is 1. The summed E-state index contributed by atoms with van der Waals surface area (Å²) in [6.07, 6.45) is 5.85. The van der Waals surface area contributed by atoms with Gasteiger partial charge in [0.15, 0.2) is 0 Å². The molecule has 0 unspecified atom stereocenters. The molecule has 0 bridgehead atoms. The molecule has 1 aromatic heterocycles. The molecule has 0 saturated heterocycles. The normalized spacial score (nSPS) is 12.2. The largest absolute Gasteiger partial charge is 0.484 e. The van der Waals surface area contributed by atoms with Gasteiger partial charge in [0.1, 0.15) is 30.4 Å². The molecular weight excluding hydrogens is 492 g/mol. The van der Waals surface area contributed by atoms with Gasteiger partial charge in [0.25, 0.3) is 0 Å². The third kappa shape index (κ3) is 8.85. The maximum Gasteiger partial charge on any atom is 0.303 e. The first kappa shape index (κ1) is 27.6. The van der Waals surface area contributed by atoms with E-state index >= 15 is 0 Å². The molecule has 0 aliphatic carbocycles. The van der Waals surface area contributed by atoms with Crippen LogP contribution in [-0.4, -0.2) is 21.8 Å². The molecule has 0 saturated carbocycles. The molecule has 1 atom stereocenters. The zero-order valence-electron chi connectivity index (χ0n) is 22.2. The maximum absolute atomic E-state index is 10.7. The van der Waals surface area contributed by atoms with Crippen LogP contribution in [0, 0.1) is 0 Å². The second-order valence-corrected chi connectivity index (χ2v) is 9.33. The van der Waals surface area contributed by atoms with E-state index in [1.165, 1.54) is 0 Å². The molecule has 202 valence electrons. The van der Waals surface area contributed by atoms with Gasteiger partial charge in [-0.05, 0) is 61.6 Å². The van der Waals surface area contributed by atoms with Gasteiger partial charge < -0.3 is 19.1 Å². The van der Waals surface area contributed by atoms with Crippen molar-refractivity contribution in [1.29, 1.82) is 0 Å². The molecule has 1 N–H and O–H groups in total. The van der Waals surface area contributed by atoms with Gasteiger partial charge in [-0.15, -0.1) is 0 Å². The number of oxazole rings is 1. The minimum absolute atomic E-state index is 0.223. The lowest BCUT2D eigenvalue weighted by Crippen LogP contribution is -2.04. The average molecular weight is 527 g/mol. The van der Waals surface area contributed by atoms with Crippen molar-refractivity contribution in [3.63, 3.8) is 0 Å². The zero-order chi connectivity index (χ0) is 27.3. The Kier molecular flexibility index (Phi) is 10.3. The van der Waals surface area contributed by atoms with E-state index in [1.807, 2.05) is 91.9 Å². The monoisotopic (exact) mass is 526 g/mol. The summed E-state index contributed by atoms with van der Waals surface area (Å²) < 4.78 is 11.7. The lowest BCUT2D eigenvalue weighted by atomic mass is 10.0. The van der Waals surface area contributed by atoms with Gasteiger partial charge in [0, 0.05) is 12.0 Å². The first-order valence-corrected chi connectivity index (χ1v) is 13.3. The van der Waals surface area contributed by atoms with Crippen molar-refractivity contribution >= 4 is 11.7 Å². The fourth-order valence-electron chi connectivity index (χ4n) is 4.10. The lowest BCUT2D eigenvalue weighted by Gasteiger charge is -2.12. The molecule has 7 heteroatoms. The molecule has 1 heterocycles. The van der Waals surface area contributed by atoms with E-state index in [2.05, 4.69) is 10.1 Å². The Bertz CT molecular complexity index is 1320. The fourth-order valence-corrected chi connectivity index (χ4v) is 4.10. The first-order valence-electron chi connectivity index (χ1n) is 13.3. The number of carboxylic acids is 1. The Labute approximate surface area is 229 Å². The second kappa shape index (κ2) is 14.5. The van der Waals surface area contributed by atoms with Crippen LogP contribution in [0.1, 0.15) is 68.4 Å². The van der Waals surface area contributed by atoms with E-state index in [-0.39, 0.29) is 12.5 Å². The van der Waals surface area contributed by atoms with Crippen molar-refractivity contribution in [3.8, 4) is 17.2 Å². The third-order valence-electron chi connectivity index (χ3n) is 6.26. The van der Waals surface area contributed by atoms with Crippen molar-refractivity contribution in [2.45, 2.75) is 58.2 Å². The molecule has 7 nitrogen and oxygen atoms in total. The Morgan fingerprint density at radius 3 is 2.26 bits per heavy atom. The van der Waals surface area contributed by atoms with Gasteiger partial charge in [-0.2, -0.15) is 0 Å². The van der Waals surface area contributed by atoms with Gasteiger partial charge in [-0.1, -0.05) is 78.7 Å². The highest BCUT2D eigenvalue weighted by molar-refractivity contribution is 6.00. The number of nitrogens with zero attached hydrogens (tertiary/aromatic N) is 2. The van der Waals surface area contributed by atoms with E-state index in [9.17, 15) is 4.79 Å². The highest BCUT2D eigenvalue weighted by atomic mass is 16.6. The minimum Gasteiger partial charge on any atom is -0.484 e. The molecule has 0 aliphatic rings. The number of ether oxygens (including phenoxy) is 1.